The lowest BCUT2D eigenvalue weighted by atomic mass is 9.92. The van der Waals surface area contributed by atoms with E-state index in [0.717, 1.165) is 18.5 Å². The van der Waals surface area contributed by atoms with Crippen LogP contribution in [0.3, 0.4) is 0 Å². The SMILES string of the molecule is COC1CCCCC1Nc1ccc(C)c([N+](=O)[O-])c1. The molecule has 0 amide bonds. The average molecular weight is 264 g/mol. The van der Waals surface area contributed by atoms with Crippen molar-refractivity contribution in [3.8, 4) is 0 Å². The maximum atomic E-state index is 10.9. The van der Waals surface area contributed by atoms with Crippen molar-refractivity contribution in [1.29, 1.82) is 0 Å². The Morgan fingerprint density at radius 1 is 1.37 bits per heavy atom. The van der Waals surface area contributed by atoms with Gasteiger partial charge in [-0.1, -0.05) is 18.9 Å². The van der Waals surface area contributed by atoms with E-state index >= 15 is 0 Å². The molecule has 1 aliphatic carbocycles. The van der Waals surface area contributed by atoms with Gasteiger partial charge in [0.15, 0.2) is 0 Å². The van der Waals surface area contributed by atoms with Crippen LogP contribution in [0.1, 0.15) is 31.2 Å². The minimum Gasteiger partial charge on any atom is -0.379 e. The van der Waals surface area contributed by atoms with E-state index in [0.29, 0.717) is 5.56 Å². The van der Waals surface area contributed by atoms with E-state index in [1.807, 2.05) is 6.07 Å². The Morgan fingerprint density at radius 2 is 2.11 bits per heavy atom. The molecule has 0 saturated heterocycles. The third-order valence-corrected chi connectivity index (χ3v) is 3.76. The fraction of sp³-hybridized carbons (Fsp3) is 0.571. The Labute approximate surface area is 113 Å². The van der Waals surface area contributed by atoms with Gasteiger partial charge in [-0.2, -0.15) is 0 Å². The van der Waals surface area contributed by atoms with Crippen molar-refractivity contribution in [2.45, 2.75) is 44.8 Å². The highest BCUT2D eigenvalue weighted by Crippen LogP contribution is 2.27. The molecule has 0 heterocycles. The molecule has 5 heteroatoms. The van der Waals surface area contributed by atoms with Crippen molar-refractivity contribution in [3.05, 3.63) is 33.9 Å². The first-order chi connectivity index (χ1) is 9.11. The highest BCUT2D eigenvalue weighted by atomic mass is 16.6. The van der Waals surface area contributed by atoms with Crippen LogP contribution in [0, 0.1) is 17.0 Å². The smallest absolute Gasteiger partial charge is 0.274 e. The van der Waals surface area contributed by atoms with Crippen molar-refractivity contribution in [2.75, 3.05) is 12.4 Å². The lowest BCUT2D eigenvalue weighted by molar-refractivity contribution is -0.385. The summed E-state index contributed by atoms with van der Waals surface area (Å²) in [6.45, 7) is 1.75. The molecule has 0 aromatic heterocycles. The second-order valence-electron chi connectivity index (χ2n) is 5.07. The van der Waals surface area contributed by atoms with Gasteiger partial charge in [-0.05, 0) is 25.8 Å². The summed E-state index contributed by atoms with van der Waals surface area (Å²) in [6.07, 6.45) is 4.63. The van der Waals surface area contributed by atoms with Gasteiger partial charge in [0.05, 0.1) is 17.1 Å². The molecule has 1 saturated carbocycles. The van der Waals surface area contributed by atoms with Crippen LogP contribution in [-0.2, 0) is 4.74 Å². The normalized spacial score (nSPS) is 23.1. The number of nitrogens with zero attached hydrogens (tertiary/aromatic N) is 1. The molecule has 1 aromatic rings. The van der Waals surface area contributed by atoms with E-state index in [1.165, 1.54) is 12.8 Å². The molecule has 5 nitrogen and oxygen atoms in total. The third kappa shape index (κ3) is 3.23. The lowest BCUT2D eigenvalue weighted by Gasteiger charge is -2.31. The number of hydrogen-bond donors (Lipinski definition) is 1. The van der Waals surface area contributed by atoms with Crippen molar-refractivity contribution in [2.24, 2.45) is 0 Å². The number of nitro benzene ring substituents is 1. The molecule has 0 radical (unpaired) electrons. The monoisotopic (exact) mass is 264 g/mol. The molecule has 1 aromatic carbocycles. The largest absolute Gasteiger partial charge is 0.379 e. The second-order valence-corrected chi connectivity index (χ2v) is 5.07. The summed E-state index contributed by atoms with van der Waals surface area (Å²) in [5.74, 6) is 0. The van der Waals surface area contributed by atoms with E-state index < -0.39 is 0 Å². The first-order valence-electron chi connectivity index (χ1n) is 6.66. The zero-order chi connectivity index (χ0) is 13.8. The van der Waals surface area contributed by atoms with Gasteiger partial charge in [0.25, 0.3) is 5.69 Å². The highest BCUT2D eigenvalue weighted by molar-refractivity contribution is 5.55. The van der Waals surface area contributed by atoms with Gasteiger partial charge in [-0.25, -0.2) is 0 Å². The fourth-order valence-electron chi connectivity index (χ4n) is 2.65. The van der Waals surface area contributed by atoms with Crippen molar-refractivity contribution in [1.82, 2.24) is 0 Å². The Hall–Kier alpha value is -1.62. The number of rotatable bonds is 4. The molecule has 0 bridgehead atoms. The van der Waals surface area contributed by atoms with Crippen LogP contribution in [0.25, 0.3) is 0 Å². The van der Waals surface area contributed by atoms with Gasteiger partial charge in [0.1, 0.15) is 0 Å². The van der Waals surface area contributed by atoms with Crippen molar-refractivity contribution >= 4 is 11.4 Å². The summed E-state index contributed by atoms with van der Waals surface area (Å²) in [7, 11) is 1.72. The van der Waals surface area contributed by atoms with E-state index in [1.54, 1.807) is 26.2 Å². The zero-order valence-electron chi connectivity index (χ0n) is 11.4. The maximum absolute atomic E-state index is 10.9. The van der Waals surface area contributed by atoms with Crippen LogP contribution in [0.15, 0.2) is 18.2 Å². The first kappa shape index (κ1) is 13.8. The molecule has 1 N–H and O–H groups in total. The Kier molecular flexibility index (Phi) is 4.37. The Bertz CT molecular complexity index is 462. The molecular formula is C14H20N2O3. The van der Waals surface area contributed by atoms with Crippen molar-refractivity contribution < 1.29 is 9.66 Å². The standard InChI is InChI=1S/C14H20N2O3/c1-10-7-8-11(9-13(10)16(17)18)15-12-5-3-4-6-14(12)19-2/h7-9,12,14-15H,3-6H2,1-2H3. The van der Waals surface area contributed by atoms with Crippen LogP contribution in [0.5, 0.6) is 0 Å². The minimum atomic E-state index is -0.338. The van der Waals surface area contributed by atoms with Crippen LogP contribution in [0.4, 0.5) is 11.4 Å². The first-order valence-corrected chi connectivity index (χ1v) is 6.66. The lowest BCUT2D eigenvalue weighted by Crippen LogP contribution is -2.37. The highest BCUT2D eigenvalue weighted by Gasteiger charge is 2.25. The minimum absolute atomic E-state index is 0.162. The van der Waals surface area contributed by atoms with Crippen LogP contribution < -0.4 is 5.32 Å². The van der Waals surface area contributed by atoms with E-state index in [9.17, 15) is 10.1 Å². The number of benzene rings is 1. The van der Waals surface area contributed by atoms with E-state index in [-0.39, 0.29) is 22.8 Å². The maximum Gasteiger partial charge on any atom is 0.274 e. The third-order valence-electron chi connectivity index (χ3n) is 3.76. The van der Waals surface area contributed by atoms with Gasteiger partial charge in [0, 0.05) is 24.4 Å². The summed E-state index contributed by atoms with van der Waals surface area (Å²) in [5.41, 5.74) is 1.64. The summed E-state index contributed by atoms with van der Waals surface area (Å²) in [4.78, 5) is 10.6. The van der Waals surface area contributed by atoms with Crippen LogP contribution in [-0.4, -0.2) is 24.2 Å². The predicted molar refractivity (Wildman–Crippen MR) is 74.5 cm³/mol. The van der Waals surface area contributed by atoms with Gasteiger partial charge in [0.2, 0.25) is 0 Å². The number of aryl methyl sites for hydroxylation is 1. The molecule has 2 unspecified atom stereocenters. The number of anilines is 1. The Balaban J connectivity index is 2.14. The molecule has 1 fully saturated rings. The number of ether oxygens (including phenoxy) is 1. The summed E-state index contributed by atoms with van der Waals surface area (Å²) in [5, 5.41) is 14.3. The second kappa shape index (κ2) is 6.02. The van der Waals surface area contributed by atoms with E-state index in [2.05, 4.69) is 5.32 Å². The number of nitro groups is 1. The molecule has 104 valence electrons. The molecule has 1 aliphatic rings. The number of methoxy groups -OCH3 is 1. The molecule has 19 heavy (non-hydrogen) atoms. The van der Waals surface area contributed by atoms with Gasteiger partial charge in [-0.3, -0.25) is 10.1 Å². The fourth-order valence-corrected chi connectivity index (χ4v) is 2.65. The zero-order valence-corrected chi connectivity index (χ0v) is 11.4. The van der Waals surface area contributed by atoms with Crippen LogP contribution >= 0.6 is 0 Å². The quantitative estimate of drug-likeness (QED) is 0.669. The topological polar surface area (TPSA) is 64.4 Å². The summed E-state index contributed by atoms with van der Waals surface area (Å²) >= 11 is 0. The average Bonchev–Trinajstić information content (AvgIpc) is 2.41. The van der Waals surface area contributed by atoms with E-state index in [4.69, 9.17) is 4.74 Å². The molecule has 2 atom stereocenters. The van der Waals surface area contributed by atoms with Gasteiger partial charge in [-0.15, -0.1) is 0 Å². The van der Waals surface area contributed by atoms with Crippen molar-refractivity contribution in [3.63, 3.8) is 0 Å². The number of nitrogens with one attached hydrogen (secondary N) is 1. The predicted octanol–water partition coefficient (Wildman–Crippen LogP) is 3.27. The number of hydrogen-bond acceptors (Lipinski definition) is 4. The molecular weight excluding hydrogens is 244 g/mol. The molecule has 0 aliphatic heterocycles. The summed E-state index contributed by atoms with van der Waals surface area (Å²) < 4.78 is 5.48. The van der Waals surface area contributed by atoms with Gasteiger partial charge < -0.3 is 10.1 Å². The van der Waals surface area contributed by atoms with Gasteiger partial charge >= 0.3 is 0 Å². The Morgan fingerprint density at radius 3 is 2.79 bits per heavy atom. The van der Waals surface area contributed by atoms with Crippen LogP contribution in [0.2, 0.25) is 0 Å². The molecule has 0 spiro atoms. The summed E-state index contributed by atoms with van der Waals surface area (Å²) in [6, 6.07) is 5.52. The molecule has 2 rings (SSSR count).